The minimum Gasteiger partial charge on any atom is -0.255 e. The number of hydrogen-bond acceptors (Lipinski definition) is 1. The first-order chi connectivity index (χ1) is 7.29. The highest BCUT2D eigenvalue weighted by Crippen LogP contribution is 2.19. The third-order valence-corrected chi connectivity index (χ3v) is 2.61. The zero-order valence-corrected chi connectivity index (χ0v) is 9.33. The highest BCUT2D eigenvalue weighted by atomic mass is 35.5. The van der Waals surface area contributed by atoms with Gasteiger partial charge in [0.05, 0.1) is 10.7 Å². The first kappa shape index (κ1) is 10.2. The zero-order valence-electron chi connectivity index (χ0n) is 8.57. The van der Waals surface area contributed by atoms with Crippen LogP contribution in [0.5, 0.6) is 0 Å². The van der Waals surface area contributed by atoms with Crippen molar-refractivity contribution >= 4 is 11.6 Å². The minimum atomic E-state index is 0.670. The Balaban J connectivity index is 2.33. The highest BCUT2D eigenvalue weighted by Gasteiger charge is 1.98. The number of nitrogens with zero attached hydrogens (tertiary/aromatic N) is 1. The van der Waals surface area contributed by atoms with Gasteiger partial charge in [-0.15, -0.1) is 0 Å². The van der Waals surface area contributed by atoms with Gasteiger partial charge in [-0.2, -0.15) is 0 Å². The third kappa shape index (κ3) is 2.37. The largest absolute Gasteiger partial charge is 0.255 e. The predicted octanol–water partition coefficient (Wildman–Crippen LogP) is 3.96. The molecular weight excluding hydrogens is 206 g/mol. The van der Waals surface area contributed by atoms with Crippen LogP contribution < -0.4 is 0 Å². The number of halogens is 1. The molecule has 0 bridgehead atoms. The molecule has 0 unspecified atom stereocenters. The monoisotopic (exact) mass is 217 g/mol. The molecule has 76 valence electrons. The van der Waals surface area contributed by atoms with Gasteiger partial charge in [0.25, 0.3) is 0 Å². The van der Waals surface area contributed by atoms with Crippen molar-refractivity contribution < 1.29 is 0 Å². The summed E-state index contributed by atoms with van der Waals surface area (Å²) in [5, 5.41) is 0.670. The molecule has 0 amide bonds. The highest BCUT2D eigenvalue weighted by molar-refractivity contribution is 6.30. The lowest BCUT2D eigenvalue weighted by Crippen LogP contribution is -1.84. The summed E-state index contributed by atoms with van der Waals surface area (Å²) in [5.41, 5.74) is 3.43. The number of benzene rings is 1. The molecule has 1 heterocycles. The fraction of sp³-hybridized carbons (Fsp3) is 0.154. The first-order valence-corrected chi connectivity index (χ1v) is 5.38. The van der Waals surface area contributed by atoms with E-state index in [2.05, 4.69) is 36.2 Å². The van der Waals surface area contributed by atoms with Crippen LogP contribution in [0.3, 0.4) is 0 Å². The van der Waals surface area contributed by atoms with E-state index in [4.69, 9.17) is 11.6 Å². The van der Waals surface area contributed by atoms with E-state index in [-0.39, 0.29) is 0 Å². The van der Waals surface area contributed by atoms with Gasteiger partial charge in [0.15, 0.2) is 0 Å². The second-order valence-corrected chi connectivity index (χ2v) is 3.85. The van der Waals surface area contributed by atoms with E-state index in [1.807, 2.05) is 12.1 Å². The van der Waals surface area contributed by atoms with Crippen LogP contribution in [0.1, 0.15) is 12.5 Å². The van der Waals surface area contributed by atoms with E-state index in [0.717, 1.165) is 17.7 Å². The molecule has 0 aliphatic rings. The lowest BCUT2D eigenvalue weighted by atomic mass is 10.1. The minimum absolute atomic E-state index is 0.670. The Morgan fingerprint density at radius 3 is 2.33 bits per heavy atom. The van der Waals surface area contributed by atoms with Crippen molar-refractivity contribution in [3.63, 3.8) is 0 Å². The molecule has 1 aromatic carbocycles. The molecule has 0 atom stereocenters. The summed E-state index contributed by atoms with van der Waals surface area (Å²) in [6.45, 7) is 2.15. The normalized spacial score (nSPS) is 10.3. The van der Waals surface area contributed by atoms with E-state index in [9.17, 15) is 0 Å². The molecule has 0 aliphatic heterocycles. The van der Waals surface area contributed by atoms with Crippen molar-refractivity contribution in [1.29, 1.82) is 0 Å². The quantitative estimate of drug-likeness (QED) is 0.742. The second kappa shape index (κ2) is 4.45. The number of aromatic nitrogens is 1. The van der Waals surface area contributed by atoms with Gasteiger partial charge in [0.1, 0.15) is 0 Å². The summed E-state index contributed by atoms with van der Waals surface area (Å²) in [7, 11) is 0. The average Bonchev–Trinajstić information content (AvgIpc) is 2.30. The van der Waals surface area contributed by atoms with Crippen LogP contribution in [0.2, 0.25) is 5.02 Å². The second-order valence-electron chi connectivity index (χ2n) is 3.41. The van der Waals surface area contributed by atoms with Gasteiger partial charge in [0, 0.05) is 11.8 Å². The van der Waals surface area contributed by atoms with Crippen LogP contribution >= 0.6 is 11.6 Å². The van der Waals surface area contributed by atoms with Crippen molar-refractivity contribution in [2.24, 2.45) is 0 Å². The number of hydrogen-bond donors (Lipinski definition) is 0. The van der Waals surface area contributed by atoms with Crippen LogP contribution in [0.15, 0.2) is 42.6 Å². The molecule has 2 aromatic rings. The van der Waals surface area contributed by atoms with Crippen LogP contribution in [-0.4, -0.2) is 4.98 Å². The molecule has 2 heteroatoms. The fourth-order valence-electron chi connectivity index (χ4n) is 1.46. The summed E-state index contributed by atoms with van der Waals surface area (Å²) >= 11 is 5.78. The summed E-state index contributed by atoms with van der Waals surface area (Å²) in [6.07, 6.45) is 2.74. The van der Waals surface area contributed by atoms with Crippen molar-refractivity contribution in [1.82, 2.24) is 4.98 Å². The molecule has 0 saturated heterocycles. The number of rotatable bonds is 2. The maximum Gasteiger partial charge on any atom is 0.0703 e. The molecule has 1 aromatic heterocycles. The third-order valence-electron chi connectivity index (χ3n) is 2.39. The maximum absolute atomic E-state index is 5.78. The van der Waals surface area contributed by atoms with E-state index in [0.29, 0.717) is 5.02 Å². The molecule has 15 heavy (non-hydrogen) atoms. The number of aryl methyl sites for hydroxylation is 1. The summed E-state index contributed by atoms with van der Waals surface area (Å²) in [4.78, 5) is 4.27. The fourth-order valence-corrected chi connectivity index (χ4v) is 1.57. The van der Waals surface area contributed by atoms with E-state index < -0.39 is 0 Å². The molecule has 0 fully saturated rings. The Labute approximate surface area is 94.7 Å². The van der Waals surface area contributed by atoms with Gasteiger partial charge in [-0.3, -0.25) is 4.98 Å². The van der Waals surface area contributed by atoms with Gasteiger partial charge in [-0.1, -0.05) is 42.8 Å². The van der Waals surface area contributed by atoms with Gasteiger partial charge in [-0.25, -0.2) is 0 Å². The number of pyridine rings is 1. The SMILES string of the molecule is CCc1ccc(-c2ccc(Cl)cn2)cc1. The predicted molar refractivity (Wildman–Crippen MR) is 64.1 cm³/mol. The van der Waals surface area contributed by atoms with E-state index in [1.165, 1.54) is 5.56 Å². The molecule has 0 aliphatic carbocycles. The van der Waals surface area contributed by atoms with Crippen LogP contribution in [-0.2, 0) is 6.42 Å². The first-order valence-electron chi connectivity index (χ1n) is 5.00. The Morgan fingerprint density at radius 1 is 1.07 bits per heavy atom. The molecule has 0 spiro atoms. The van der Waals surface area contributed by atoms with Crippen molar-refractivity contribution in [3.05, 3.63) is 53.2 Å². The Bertz CT molecular complexity index is 431. The molecule has 0 radical (unpaired) electrons. The van der Waals surface area contributed by atoms with Gasteiger partial charge >= 0.3 is 0 Å². The molecular formula is C13H12ClN. The van der Waals surface area contributed by atoms with Crippen LogP contribution in [0.4, 0.5) is 0 Å². The lowest BCUT2D eigenvalue weighted by Gasteiger charge is -2.02. The van der Waals surface area contributed by atoms with Crippen LogP contribution in [0.25, 0.3) is 11.3 Å². The average molecular weight is 218 g/mol. The maximum atomic E-state index is 5.78. The zero-order chi connectivity index (χ0) is 10.7. The van der Waals surface area contributed by atoms with Gasteiger partial charge < -0.3 is 0 Å². The standard InChI is InChI=1S/C13H12ClN/c1-2-10-3-5-11(6-4-10)13-8-7-12(14)9-15-13/h3-9H,2H2,1H3. The van der Waals surface area contributed by atoms with Crippen molar-refractivity contribution in [3.8, 4) is 11.3 Å². The van der Waals surface area contributed by atoms with Crippen molar-refractivity contribution in [2.75, 3.05) is 0 Å². The Hall–Kier alpha value is -1.34. The van der Waals surface area contributed by atoms with E-state index in [1.54, 1.807) is 6.20 Å². The van der Waals surface area contributed by atoms with Crippen molar-refractivity contribution in [2.45, 2.75) is 13.3 Å². The van der Waals surface area contributed by atoms with E-state index >= 15 is 0 Å². The summed E-state index contributed by atoms with van der Waals surface area (Å²) < 4.78 is 0. The van der Waals surface area contributed by atoms with Crippen LogP contribution in [0, 0.1) is 0 Å². The summed E-state index contributed by atoms with van der Waals surface area (Å²) in [6, 6.07) is 12.2. The van der Waals surface area contributed by atoms with Gasteiger partial charge in [-0.05, 0) is 24.1 Å². The molecule has 2 rings (SSSR count). The topological polar surface area (TPSA) is 12.9 Å². The molecule has 0 saturated carbocycles. The Morgan fingerprint density at radius 2 is 1.80 bits per heavy atom. The Kier molecular flexibility index (Phi) is 3.02. The molecule has 1 nitrogen and oxygen atoms in total. The lowest BCUT2D eigenvalue weighted by molar-refractivity contribution is 1.14. The molecule has 0 N–H and O–H groups in total. The van der Waals surface area contributed by atoms with Gasteiger partial charge in [0.2, 0.25) is 0 Å². The smallest absolute Gasteiger partial charge is 0.0703 e. The summed E-state index contributed by atoms with van der Waals surface area (Å²) in [5.74, 6) is 0.